The molecule has 0 aromatic rings. The first kappa shape index (κ1) is 10.6. The van der Waals surface area contributed by atoms with E-state index in [9.17, 15) is 4.79 Å². The van der Waals surface area contributed by atoms with Gasteiger partial charge in [0.1, 0.15) is 0 Å². The first-order valence-electron chi connectivity index (χ1n) is 6.72. The summed E-state index contributed by atoms with van der Waals surface area (Å²) >= 11 is 0. The van der Waals surface area contributed by atoms with E-state index in [1.165, 1.54) is 38.5 Å². The average Bonchev–Trinajstić information content (AvgIpc) is 2.13. The smallest absolute Gasteiger partial charge is 0.275 e. The van der Waals surface area contributed by atoms with Crippen LogP contribution in [0, 0.1) is 17.8 Å². The second-order valence-electron chi connectivity index (χ2n) is 6.64. The quantitative estimate of drug-likeness (QED) is 0.714. The van der Waals surface area contributed by atoms with Crippen molar-refractivity contribution in [2.75, 3.05) is 0 Å². The normalized spacial score (nSPS) is 46.9. The van der Waals surface area contributed by atoms with Gasteiger partial charge in [0, 0.05) is 19.3 Å². The molecule has 16 heavy (non-hydrogen) atoms. The molecular formula is C13H23N2O+. The molecule has 90 valence electrons. The monoisotopic (exact) mass is 223 g/mol. The molecule has 4 saturated carbocycles. The lowest BCUT2D eigenvalue weighted by Gasteiger charge is -2.55. The van der Waals surface area contributed by atoms with E-state index < -0.39 is 0 Å². The number of quaternary nitrogens is 1. The zero-order valence-electron chi connectivity index (χ0n) is 10.1. The number of hydrogen-bond acceptors (Lipinski definition) is 1. The lowest BCUT2D eigenvalue weighted by molar-refractivity contribution is -0.754. The summed E-state index contributed by atoms with van der Waals surface area (Å²) in [6, 6.07) is -0.0451. The molecule has 0 aromatic heterocycles. The van der Waals surface area contributed by atoms with Crippen LogP contribution in [0.25, 0.3) is 0 Å². The van der Waals surface area contributed by atoms with Crippen molar-refractivity contribution in [3.63, 3.8) is 0 Å². The molecule has 3 nitrogen and oxygen atoms in total. The van der Waals surface area contributed by atoms with Crippen molar-refractivity contribution in [1.29, 1.82) is 0 Å². The van der Waals surface area contributed by atoms with Crippen molar-refractivity contribution in [2.45, 2.75) is 57.0 Å². The third kappa shape index (κ3) is 1.65. The molecule has 4 fully saturated rings. The lowest BCUT2D eigenvalue weighted by Crippen LogP contribution is -3.03. The van der Waals surface area contributed by atoms with Gasteiger partial charge in [0.25, 0.3) is 5.91 Å². The van der Waals surface area contributed by atoms with Gasteiger partial charge in [-0.05, 0) is 43.9 Å². The van der Waals surface area contributed by atoms with E-state index in [0.717, 1.165) is 17.8 Å². The molecule has 0 radical (unpaired) electrons. The van der Waals surface area contributed by atoms with Crippen molar-refractivity contribution in [2.24, 2.45) is 23.5 Å². The molecule has 4 bridgehead atoms. The Morgan fingerprint density at radius 2 is 1.62 bits per heavy atom. The largest absolute Gasteiger partial charge is 0.365 e. The molecule has 0 spiro atoms. The highest BCUT2D eigenvalue weighted by atomic mass is 16.1. The predicted molar refractivity (Wildman–Crippen MR) is 61.5 cm³/mol. The van der Waals surface area contributed by atoms with Crippen LogP contribution in [0.5, 0.6) is 0 Å². The summed E-state index contributed by atoms with van der Waals surface area (Å²) in [5.74, 6) is 2.68. The molecule has 3 heteroatoms. The molecule has 0 aliphatic heterocycles. The fourth-order valence-electron chi connectivity index (χ4n) is 4.99. The Kier molecular flexibility index (Phi) is 2.29. The summed E-state index contributed by atoms with van der Waals surface area (Å²) in [5.41, 5.74) is 5.77. The fraction of sp³-hybridized carbons (Fsp3) is 0.923. The van der Waals surface area contributed by atoms with E-state index in [0.29, 0.717) is 5.54 Å². The van der Waals surface area contributed by atoms with Gasteiger partial charge in [-0.3, -0.25) is 4.79 Å². The SMILES string of the molecule is C[C@@H]([NH2+]C12CC3CC(CC(C3)C1)C2)C(N)=O. The highest BCUT2D eigenvalue weighted by Gasteiger charge is 2.54. The Labute approximate surface area is 97.2 Å². The number of carbonyl (C=O) groups is 1. The van der Waals surface area contributed by atoms with Gasteiger partial charge < -0.3 is 11.1 Å². The minimum absolute atomic E-state index is 0.0451. The van der Waals surface area contributed by atoms with Gasteiger partial charge in [0.15, 0.2) is 6.04 Å². The summed E-state index contributed by atoms with van der Waals surface area (Å²) in [4.78, 5) is 11.2. The standard InChI is InChI=1S/C13H22N2O/c1-8(12(14)16)15-13-5-9-2-10(6-13)4-11(3-9)7-13/h8-11,15H,2-7H2,1H3,(H2,14,16)/p+1/t8-,9?,10?,11?,13?/m1/s1. The van der Waals surface area contributed by atoms with Gasteiger partial charge in [0.05, 0.1) is 5.54 Å². The molecular weight excluding hydrogens is 200 g/mol. The second-order valence-corrected chi connectivity index (χ2v) is 6.64. The van der Waals surface area contributed by atoms with Crippen molar-refractivity contribution in [3.8, 4) is 0 Å². The Bertz CT molecular complexity index is 278. The molecule has 4 aliphatic carbocycles. The molecule has 0 heterocycles. The third-order valence-corrected chi connectivity index (χ3v) is 5.14. The number of nitrogens with two attached hydrogens (primary N) is 2. The zero-order chi connectivity index (χ0) is 11.3. The van der Waals surface area contributed by atoms with Crippen molar-refractivity contribution in [3.05, 3.63) is 0 Å². The van der Waals surface area contributed by atoms with Crippen LogP contribution in [-0.2, 0) is 4.79 Å². The van der Waals surface area contributed by atoms with Crippen molar-refractivity contribution < 1.29 is 10.1 Å². The third-order valence-electron chi connectivity index (χ3n) is 5.14. The van der Waals surface area contributed by atoms with Gasteiger partial charge >= 0.3 is 0 Å². The van der Waals surface area contributed by atoms with E-state index in [4.69, 9.17) is 5.73 Å². The van der Waals surface area contributed by atoms with Crippen molar-refractivity contribution in [1.82, 2.24) is 0 Å². The van der Waals surface area contributed by atoms with Crippen LogP contribution >= 0.6 is 0 Å². The van der Waals surface area contributed by atoms with Crippen molar-refractivity contribution >= 4 is 5.91 Å². The molecule has 1 atom stereocenters. The summed E-state index contributed by atoms with van der Waals surface area (Å²) in [6.45, 7) is 1.96. The summed E-state index contributed by atoms with van der Waals surface area (Å²) in [7, 11) is 0. The number of rotatable bonds is 3. The van der Waals surface area contributed by atoms with Gasteiger partial charge in [-0.15, -0.1) is 0 Å². The van der Waals surface area contributed by atoms with Crippen LogP contribution in [0.15, 0.2) is 0 Å². The Morgan fingerprint density at radius 1 is 1.19 bits per heavy atom. The average molecular weight is 223 g/mol. The number of amides is 1. The molecule has 4 rings (SSSR count). The van der Waals surface area contributed by atoms with Gasteiger partial charge in [0.2, 0.25) is 0 Å². The van der Waals surface area contributed by atoms with E-state index >= 15 is 0 Å². The molecule has 0 unspecified atom stereocenters. The number of primary amides is 1. The maximum atomic E-state index is 11.2. The van der Waals surface area contributed by atoms with E-state index in [-0.39, 0.29) is 11.9 Å². The second kappa shape index (κ2) is 3.46. The highest BCUT2D eigenvalue weighted by Crippen LogP contribution is 2.54. The van der Waals surface area contributed by atoms with Gasteiger partial charge in [-0.2, -0.15) is 0 Å². The van der Waals surface area contributed by atoms with Crippen LogP contribution in [-0.4, -0.2) is 17.5 Å². The topological polar surface area (TPSA) is 59.7 Å². The first-order chi connectivity index (χ1) is 7.56. The summed E-state index contributed by atoms with van der Waals surface area (Å²) in [5, 5.41) is 2.31. The number of carbonyl (C=O) groups excluding carboxylic acids is 1. The minimum Gasteiger partial charge on any atom is -0.365 e. The zero-order valence-corrected chi connectivity index (χ0v) is 10.1. The predicted octanol–water partition coefficient (Wildman–Crippen LogP) is 0.392. The fourth-order valence-corrected chi connectivity index (χ4v) is 4.99. The molecule has 1 amide bonds. The lowest BCUT2D eigenvalue weighted by atomic mass is 9.53. The maximum Gasteiger partial charge on any atom is 0.275 e. The van der Waals surface area contributed by atoms with Gasteiger partial charge in [-0.25, -0.2) is 0 Å². The highest BCUT2D eigenvalue weighted by molar-refractivity contribution is 5.77. The Hall–Kier alpha value is -0.570. The van der Waals surface area contributed by atoms with Crippen LogP contribution in [0.2, 0.25) is 0 Å². The molecule has 0 saturated heterocycles. The summed E-state index contributed by atoms with van der Waals surface area (Å²) in [6.07, 6.45) is 8.36. The molecule has 4 N–H and O–H groups in total. The summed E-state index contributed by atoms with van der Waals surface area (Å²) < 4.78 is 0. The minimum atomic E-state index is -0.157. The Morgan fingerprint density at radius 3 is 2.00 bits per heavy atom. The van der Waals surface area contributed by atoms with Crippen LogP contribution < -0.4 is 11.1 Å². The first-order valence-corrected chi connectivity index (χ1v) is 6.72. The molecule has 0 aromatic carbocycles. The maximum absolute atomic E-state index is 11.2. The van der Waals surface area contributed by atoms with Crippen LogP contribution in [0.4, 0.5) is 0 Å². The van der Waals surface area contributed by atoms with E-state index in [2.05, 4.69) is 5.32 Å². The van der Waals surface area contributed by atoms with Gasteiger partial charge in [-0.1, -0.05) is 0 Å². The van der Waals surface area contributed by atoms with Crippen LogP contribution in [0.3, 0.4) is 0 Å². The Balaban J connectivity index is 1.76. The molecule has 4 aliphatic rings. The van der Waals surface area contributed by atoms with Crippen LogP contribution in [0.1, 0.15) is 45.4 Å². The van der Waals surface area contributed by atoms with E-state index in [1.807, 2.05) is 6.92 Å². The number of hydrogen-bond donors (Lipinski definition) is 2. The van der Waals surface area contributed by atoms with E-state index in [1.54, 1.807) is 0 Å².